The topological polar surface area (TPSA) is 125 Å². The first-order valence-corrected chi connectivity index (χ1v) is 6.05. The summed E-state index contributed by atoms with van der Waals surface area (Å²) in [7, 11) is 0. The molecule has 0 amide bonds. The van der Waals surface area contributed by atoms with Gasteiger partial charge in [-0.25, -0.2) is 4.98 Å². The lowest BCUT2D eigenvalue weighted by atomic mass is 10.0. The van der Waals surface area contributed by atoms with Crippen LogP contribution in [-0.4, -0.2) is 14.8 Å². The van der Waals surface area contributed by atoms with Gasteiger partial charge in [0, 0.05) is 0 Å². The van der Waals surface area contributed by atoms with E-state index in [4.69, 9.17) is 5.73 Å². The normalized spacial score (nSPS) is 10.4. The molecule has 0 atom stereocenters. The lowest BCUT2D eigenvalue weighted by Crippen LogP contribution is -2.06. The molecule has 0 radical (unpaired) electrons. The van der Waals surface area contributed by atoms with Crippen LogP contribution in [0.5, 0.6) is 0 Å². The second-order valence-electron chi connectivity index (χ2n) is 4.18. The first-order chi connectivity index (χ1) is 8.99. The number of rotatable bonds is 7. The van der Waals surface area contributed by atoms with Gasteiger partial charge >= 0.3 is 5.69 Å². The Morgan fingerprint density at radius 2 is 1.89 bits per heavy atom. The second kappa shape index (κ2) is 6.62. The molecule has 0 saturated carbocycles. The fraction of sp³-hybridized carbons (Fsp3) is 0.545. The smallest absolute Gasteiger partial charge is 0.321 e. The Hall–Kier alpha value is -2.25. The Morgan fingerprint density at radius 1 is 1.21 bits per heavy atom. The van der Waals surface area contributed by atoms with Gasteiger partial charge < -0.3 is 5.73 Å². The Morgan fingerprint density at radius 3 is 2.42 bits per heavy atom. The molecule has 1 aromatic rings. The molecule has 0 saturated heterocycles. The van der Waals surface area contributed by atoms with Crippen molar-refractivity contribution in [1.82, 2.24) is 4.98 Å². The van der Waals surface area contributed by atoms with Gasteiger partial charge in [0.2, 0.25) is 5.82 Å². The van der Waals surface area contributed by atoms with Crippen molar-refractivity contribution < 1.29 is 9.85 Å². The van der Waals surface area contributed by atoms with Gasteiger partial charge in [-0.05, 0) is 12.8 Å². The van der Waals surface area contributed by atoms with Gasteiger partial charge in [0.25, 0.3) is 5.69 Å². The molecule has 0 unspecified atom stereocenters. The average Bonchev–Trinajstić information content (AvgIpc) is 2.33. The summed E-state index contributed by atoms with van der Waals surface area (Å²) in [5, 5.41) is 21.9. The number of nitrogen functional groups attached to an aromatic ring is 1. The van der Waals surface area contributed by atoms with E-state index in [9.17, 15) is 20.2 Å². The van der Waals surface area contributed by atoms with E-state index in [-0.39, 0.29) is 23.5 Å². The van der Waals surface area contributed by atoms with E-state index in [0.29, 0.717) is 6.42 Å². The maximum absolute atomic E-state index is 11.0. The minimum Gasteiger partial charge on any atom is -0.378 e. The monoisotopic (exact) mass is 268 g/mol. The van der Waals surface area contributed by atoms with Crippen LogP contribution in [0, 0.1) is 20.2 Å². The Labute approximate surface area is 109 Å². The predicted octanol–water partition coefficient (Wildman–Crippen LogP) is 2.60. The largest absolute Gasteiger partial charge is 0.378 e. The third-order valence-corrected chi connectivity index (χ3v) is 2.82. The highest BCUT2D eigenvalue weighted by Gasteiger charge is 2.28. The summed E-state index contributed by atoms with van der Waals surface area (Å²) in [6.45, 7) is 2.04. The number of pyridine rings is 1. The Kier molecular flexibility index (Phi) is 5.16. The molecule has 0 aliphatic rings. The highest BCUT2D eigenvalue weighted by molar-refractivity contribution is 5.64. The second-order valence-corrected chi connectivity index (χ2v) is 4.18. The molecule has 1 heterocycles. The molecule has 0 aliphatic carbocycles. The van der Waals surface area contributed by atoms with E-state index in [1.165, 1.54) is 0 Å². The van der Waals surface area contributed by atoms with Crippen molar-refractivity contribution in [3.63, 3.8) is 0 Å². The van der Waals surface area contributed by atoms with Crippen molar-refractivity contribution in [2.24, 2.45) is 0 Å². The van der Waals surface area contributed by atoms with Crippen LogP contribution in [0.15, 0.2) is 6.20 Å². The summed E-state index contributed by atoms with van der Waals surface area (Å²) < 4.78 is 0. The molecule has 1 rings (SSSR count). The van der Waals surface area contributed by atoms with Gasteiger partial charge in [-0.2, -0.15) is 0 Å². The van der Waals surface area contributed by atoms with Crippen molar-refractivity contribution in [3.8, 4) is 0 Å². The van der Waals surface area contributed by atoms with Crippen LogP contribution in [0.25, 0.3) is 0 Å². The molecule has 104 valence electrons. The Bertz CT molecular complexity index is 490. The molecule has 1 aromatic heterocycles. The fourth-order valence-electron chi connectivity index (χ4n) is 1.88. The number of anilines is 1. The van der Waals surface area contributed by atoms with Crippen LogP contribution in [0.3, 0.4) is 0 Å². The highest BCUT2D eigenvalue weighted by atomic mass is 16.6. The summed E-state index contributed by atoms with van der Waals surface area (Å²) in [5.74, 6) is -0.277. The molecule has 0 aromatic carbocycles. The van der Waals surface area contributed by atoms with Crippen molar-refractivity contribution in [2.75, 3.05) is 5.73 Å². The van der Waals surface area contributed by atoms with Crippen LogP contribution in [0.4, 0.5) is 17.2 Å². The molecule has 0 bridgehead atoms. The zero-order chi connectivity index (χ0) is 14.4. The van der Waals surface area contributed by atoms with Gasteiger partial charge in [0.15, 0.2) is 0 Å². The van der Waals surface area contributed by atoms with E-state index in [0.717, 1.165) is 25.5 Å². The van der Waals surface area contributed by atoms with E-state index in [2.05, 4.69) is 4.98 Å². The third kappa shape index (κ3) is 3.60. The molecule has 8 heteroatoms. The molecule has 8 nitrogen and oxygen atoms in total. The molecule has 0 spiro atoms. The first kappa shape index (κ1) is 14.8. The quantitative estimate of drug-likeness (QED) is 0.460. The number of nitrogens with zero attached hydrogens (tertiary/aromatic N) is 3. The van der Waals surface area contributed by atoms with Crippen LogP contribution in [0.1, 0.15) is 38.2 Å². The van der Waals surface area contributed by atoms with Gasteiger partial charge in [-0.1, -0.05) is 26.2 Å². The summed E-state index contributed by atoms with van der Waals surface area (Å²) in [6.07, 6.45) is 4.77. The Balaban J connectivity index is 3.11. The highest BCUT2D eigenvalue weighted by Crippen LogP contribution is 2.33. The average molecular weight is 268 g/mol. The van der Waals surface area contributed by atoms with E-state index in [1.54, 1.807) is 0 Å². The molecular weight excluding hydrogens is 252 g/mol. The molecule has 19 heavy (non-hydrogen) atoms. The minimum absolute atomic E-state index is 0.0682. The number of hydrogen-bond acceptors (Lipinski definition) is 6. The van der Waals surface area contributed by atoms with E-state index >= 15 is 0 Å². The molecular formula is C11H16N4O4. The number of hydrogen-bond donors (Lipinski definition) is 1. The summed E-state index contributed by atoms with van der Waals surface area (Å²) in [6, 6.07) is 0. The third-order valence-electron chi connectivity index (χ3n) is 2.82. The molecule has 2 N–H and O–H groups in total. The SMILES string of the molecule is CCCCCCc1c([N+](=O)[O-])cnc(N)c1[N+](=O)[O-]. The van der Waals surface area contributed by atoms with E-state index < -0.39 is 15.5 Å². The van der Waals surface area contributed by atoms with Gasteiger partial charge in [0.05, 0.1) is 9.85 Å². The fourth-order valence-corrected chi connectivity index (χ4v) is 1.88. The number of nitrogens with two attached hydrogens (primary N) is 1. The molecule has 0 aliphatic heterocycles. The van der Waals surface area contributed by atoms with Gasteiger partial charge in [-0.15, -0.1) is 0 Å². The zero-order valence-corrected chi connectivity index (χ0v) is 10.7. The van der Waals surface area contributed by atoms with E-state index in [1.807, 2.05) is 6.92 Å². The van der Waals surface area contributed by atoms with Crippen LogP contribution >= 0.6 is 0 Å². The zero-order valence-electron chi connectivity index (χ0n) is 10.7. The maximum atomic E-state index is 11.0. The van der Waals surface area contributed by atoms with Crippen LogP contribution in [-0.2, 0) is 6.42 Å². The lowest BCUT2D eigenvalue weighted by Gasteiger charge is -2.05. The lowest BCUT2D eigenvalue weighted by molar-refractivity contribution is -0.395. The maximum Gasteiger partial charge on any atom is 0.321 e. The van der Waals surface area contributed by atoms with Crippen molar-refractivity contribution in [2.45, 2.75) is 39.0 Å². The van der Waals surface area contributed by atoms with Crippen molar-refractivity contribution in [3.05, 3.63) is 32.0 Å². The number of aromatic nitrogens is 1. The van der Waals surface area contributed by atoms with Crippen molar-refractivity contribution in [1.29, 1.82) is 0 Å². The van der Waals surface area contributed by atoms with Gasteiger partial charge in [-0.3, -0.25) is 20.2 Å². The van der Waals surface area contributed by atoms with Crippen LogP contribution in [0.2, 0.25) is 0 Å². The van der Waals surface area contributed by atoms with Gasteiger partial charge in [0.1, 0.15) is 11.8 Å². The van der Waals surface area contributed by atoms with Crippen molar-refractivity contribution >= 4 is 17.2 Å². The summed E-state index contributed by atoms with van der Waals surface area (Å²) in [5.41, 5.74) is 4.74. The summed E-state index contributed by atoms with van der Waals surface area (Å²) in [4.78, 5) is 24.0. The summed E-state index contributed by atoms with van der Waals surface area (Å²) >= 11 is 0. The number of unbranched alkanes of at least 4 members (excludes halogenated alkanes) is 3. The molecule has 0 fully saturated rings. The predicted molar refractivity (Wildman–Crippen MR) is 69.8 cm³/mol. The standard InChI is InChI=1S/C11H16N4O4/c1-2-3-4-5-6-8-9(14(16)17)7-13-11(12)10(8)15(18)19/h7H,2-6H2,1H3,(H2,12,13). The van der Waals surface area contributed by atoms with Crippen LogP contribution < -0.4 is 5.73 Å². The minimum atomic E-state index is -0.704. The number of nitro groups is 2. The first-order valence-electron chi connectivity index (χ1n) is 6.05.